The Morgan fingerprint density at radius 3 is 2.61 bits per heavy atom. The molecule has 2 heterocycles. The van der Waals surface area contributed by atoms with Crippen molar-refractivity contribution in [2.24, 2.45) is 0 Å². The molecule has 0 spiro atoms. The predicted molar refractivity (Wildman–Crippen MR) is 88.8 cm³/mol. The molecular formula is C17H17N5O. The third-order valence-electron chi connectivity index (χ3n) is 3.38. The number of imidazole rings is 1. The molecule has 23 heavy (non-hydrogen) atoms. The number of benzene rings is 1. The highest BCUT2D eigenvalue weighted by atomic mass is 16.2. The van der Waals surface area contributed by atoms with Crippen LogP contribution in [0.1, 0.15) is 18.8 Å². The fourth-order valence-corrected chi connectivity index (χ4v) is 2.19. The largest absolute Gasteiger partial charge is 0.340 e. The lowest BCUT2D eigenvalue weighted by Gasteiger charge is -2.12. The number of aromatic nitrogens is 3. The average Bonchev–Trinajstić information content (AvgIpc) is 3.06. The van der Waals surface area contributed by atoms with E-state index >= 15 is 0 Å². The number of nitrogens with zero attached hydrogens (tertiary/aromatic N) is 2. The van der Waals surface area contributed by atoms with Gasteiger partial charge in [-0.05, 0) is 24.6 Å². The van der Waals surface area contributed by atoms with E-state index < -0.39 is 0 Å². The molecule has 6 heteroatoms. The molecule has 2 amide bonds. The maximum atomic E-state index is 12.0. The van der Waals surface area contributed by atoms with Crippen molar-refractivity contribution in [3.05, 3.63) is 66.9 Å². The van der Waals surface area contributed by atoms with E-state index in [1.807, 2.05) is 37.3 Å². The lowest BCUT2D eigenvalue weighted by molar-refractivity contribution is 0.249. The van der Waals surface area contributed by atoms with Crippen LogP contribution in [0.25, 0.3) is 11.3 Å². The van der Waals surface area contributed by atoms with Crippen LogP contribution in [-0.2, 0) is 0 Å². The van der Waals surface area contributed by atoms with Gasteiger partial charge in [0.05, 0.1) is 17.9 Å². The lowest BCUT2D eigenvalue weighted by atomic mass is 10.2. The van der Waals surface area contributed by atoms with Crippen molar-refractivity contribution in [1.29, 1.82) is 0 Å². The van der Waals surface area contributed by atoms with Gasteiger partial charge in [-0.25, -0.2) is 9.78 Å². The average molecular weight is 307 g/mol. The number of rotatable bonds is 4. The summed E-state index contributed by atoms with van der Waals surface area (Å²) in [5.41, 5.74) is 2.66. The van der Waals surface area contributed by atoms with Gasteiger partial charge in [-0.2, -0.15) is 0 Å². The van der Waals surface area contributed by atoms with Gasteiger partial charge in [0.1, 0.15) is 5.82 Å². The molecule has 0 aliphatic rings. The standard InChI is InChI=1S/C17H17N5O/c1-12(20-17(23)21-14-7-9-18-10-8-14)16-19-11-15(22-16)13-5-3-2-4-6-13/h2-12H,1H3,(H,19,22)(H2,18,20,21,23)/t12-/m0/s1. The SMILES string of the molecule is C[C@H](NC(=O)Nc1ccncc1)c1ncc(-c2ccccc2)[nH]1. The second kappa shape index (κ2) is 6.74. The van der Waals surface area contributed by atoms with Crippen molar-refractivity contribution in [3.8, 4) is 11.3 Å². The molecule has 0 aliphatic heterocycles. The zero-order valence-electron chi connectivity index (χ0n) is 12.7. The van der Waals surface area contributed by atoms with Gasteiger partial charge < -0.3 is 15.6 Å². The summed E-state index contributed by atoms with van der Waals surface area (Å²) >= 11 is 0. The molecule has 3 N–H and O–H groups in total. The second-order valence-corrected chi connectivity index (χ2v) is 5.10. The molecule has 0 saturated carbocycles. The maximum Gasteiger partial charge on any atom is 0.319 e. The number of pyridine rings is 1. The first-order valence-electron chi connectivity index (χ1n) is 7.30. The predicted octanol–water partition coefficient (Wildman–Crippen LogP) is 3.35. The van der Waals surface area contributed by atoms with Gasteiger partial charge in [-0.1, -0.05) is 30.3 Å². The Kier molecular flexibility index (Phi) is 4.33. The van der Waals surface area contributed by atoms with Gasteiger partial charge in [0, 0.05) is 18.1 Å². The maximum absolute atomic E-state index is 12.0. The number of H-pyrrole nitrogens is 1. The number of anilines is 1. The molecule has 0 bridgehead atoms. The van der Waals surface area contributed by atoms with Crippen LogP contribution in [0.3, 0.4) is 0 Å². The van der Waals surface area contributed by atoms with E-state index in [0.29, 0.717) is 11.5 Å². The molecule has 2 aromatic heterocycles. The third-order valence-corrected chi connectivity index (χ3v) is 3.38. The summed E-state index contributed by atoms with van der Waals surface area (Å²) in [6.45, 7) is 1.87. The number of aromatic amines is 1. The number of amides is 2. The normalized spacial score (nSPS) is 11.7. The Morgan fingerprint density at radius 1 is 1.13 bits per heavy atom. The first-order valence-corrected chi connectivity index (χ1v) is 7.30. The Morgan fingerprint density at radius 2 is 1.87 bits per heavy atom. The summed E-state index contributed by atoms with van der Waals surface area (Å²) in [6.07, 6.45) is 5.01. The molecular weight excluding hydrogens is 290 g/mol. The molecule has 1 aromatic carbocycles. The van der Waals surface area contributed by atoms with E-state index in [0.717, 1.165) is 11.3 Å². The molecule has 3 rings (SSSR count). The number of hydrogen-bond acceptors (Lipinski definition) is 3. The van der Waals surface area contributed by atoms with E-state index in [4.69, 9.17) is 0 Å². The van der Waals surface area contributed by atoms with Crippen LogP contribution in [0, 0.1) is 0 Å². The summed E-state index contributed by atoms with van der Waals surface area (Å²) in [4.78, 5) is 23.5. The van der Waals surface area contributed by atoms with Crippen LogP contribution < -0.4 is 10.6 Å². The van der Waals surface area contributed by atoms with E-state index in [-0.39, 0.29) is 12.1 Å². The molecule has 116 valence electrons. The first-order chi connectivity index (χ1) is 11.2. The lowest BCUT2D eigenvalue weighted by Crippen LogP contribution is -2.31. The van der Waals surface area contributed by atoms with Crippen LogP contribution in [-0.4, -0.2) is 21.0 Å². The fourth-order valence-electron chi connectivity index (χ4n) is 2.19. The Hall–Kier alpha value is -3.15. The van der Waals surface area contributed by atoms with Crippen molar-refractivity contribution >= 4 is 11.7 Å². The minimum atomic E-state index is -0.290. The summed E-state index contributed by atoms with van der Waals surface area (Å²) in [7, 11) is 0. The highest BCUT2D eigenvalue weighted by Crippen LogP contribution is 2.18. The number of hydrogen-bond donors (Lipinski definition) is 3. The number of carbonyl (C=O) groups is 1. The second-order valence-electron chi connectivity index (χ2n) is 5.10. The number of nitrogens with one attached hydrogen (secondary N) is 3. The summed E-state index contributed by atoms with van der Waals surface area (Å²) in [5.74, 6) is 0.703. The zero-order chi connectivity index (χ0) is 16.1. The Bertz CT molecular complexity index is 770. The van der Waals surface area contributed by atoms with Gasteiger partial charge in [0.25, 0.3) is 0 Å². The third kappa shape index (κ3) is 3.74. The van der Waals surface area contributed by atoms with Crippen LogP contribution in [0.4, 0.5) is 10.5 Å². The van der Waals surface area contributed by atoms with Crippen molar-refractivity contribution in [2.75, 3.05) is 5.32 Å². The molecule has 3 aromatic rings. The Labute approximate surface area is 134 Å². The number of carbonyl (C=O) groups excluding carboxylic acids is 1. The fraction of sp³-hybridized carbons (Fsp3) is 0.118. The van der Waals surface area contributed by atoms with Crippen molar-refractivity contribution < 1.29 is 4.79 Å². The van der Waals surface area contributed by atoms with Crippen molar-refractivity contribution in [2.45, 2.75) is 13.0 Å². The van der Waals surface area contributed by atoms with E-state index in [1.54, 1.807) is 30.7 Å². The van der Waals surface area contributed by atoms with Crippen LogP contribution in [0.2, 0.25) is 0 Å². The summed E-state index contributed by atoms with van der Waals surface area (Å²) in [5, 5.41) is 5.59. The van der Waals surface area contributed by atoms with Gasteiger partial charge in [-0.15, -0.1) is 0 Å². The molecule has 0 aliphatic carbocycles. The highest BCUT2D eigenvalue weighted by Gasteiger charge is 2.13. The molecule has 0 unspecified atom stereocenters. The molecule has 0 radical (unpaired) electrons. The molecule has 0 saturated heterocycles. The van der Waals surface area contributed by atoms with E-state index in [9.17, 15) is 4.79 Å². The van der Waals surface area contributed by atoms with Crippen LogP contribution in [0.5, 0.6) is 0 Å². The van der Waals surface area contributed by atoms with Gasteiger partial charge in [-0.3, -0.25) is 4.98 Å². The monoisotopic (exact) mass is 307 g/mol. The summed E-state index contributed by atoms with van der Waals surface area (Å²) in [6, 6.07) is 12.8. The smallest absolute Gasteiger partial charge is 0.319 e. The van der Waals surface area contributed by atoms with Gasteiger partial charge in [0.2, 0.25) is 0 Å². The quantitative estimate of drug-likeness (QED) is 0.691. The minimum Gasteiger partial charge on any atom is -0.340 e. The molecule has 1 atom stereocenters. The highest BCUT2D eigenvalue weighted by molar-refractivity contribution is 5.89. The van der Waals surface area contributed by atoms with E-state index in [2.05, 4.69) is 25.6 Å². The first kappa shape index (κ1) is 14.8. The number of urea groups is 1. The zero-order valence-corrected chi connectivity index (χ0v) is 12.7. The van der Waals surface area contributed by atoms with Crippen molar-refractivity contribution in [1.82, 2.24) is 20.3 Å². The molecule has 0 fully saturated rings. The van der Waals surface area contributed by atoms with Crippen molar-refractivity contribution in [3.63, 3.8) is 0 Å². The Balaban J connectivity index is 1.63. The molecule has 6 nitrogen and oxygen atoms in total. The van der Waals surface area contributed by atoms with Gasteiger partial charge >= 0.3 is 6.03 Å². The minimum absolute atomic E-state index is 0.241. The summed E-state index contributed by atoms with van der Waals surface area (Å²) < 4.78 is 0. The van der Waals surface area contributed by atoms with Gasteiger partial charge in [0.15, 0.2) is 0 Å². The van der Waals surface area contributed by atoms with Crippen LogP contribution in [0.15, 0.2) is 61.1 Å². The topological polar surface area (TPSA) is 82.7 Å². The van der Waals surface area contributed by atoms with Crippen LogP contribution >= 0.6 is 0 Å². The van der Waals surface area contributed by atoms with E-state index in [1.165, 1.54) is 0 Å².